The van der Waals surface area contributed by atoms with Gasteiger partial charge in [0, 0.05) is 25.8 Å². The van der Waals surface area contributed by atoms with Gasteiger partial charge in [0.15, 0.2) is 0 Å². The number of allylic oxidation sites excluding steroid dienone is 2. The maximum absolute atomic E-state index is 3.61. The normalized spacial score (nSPS) is 11.0. The second-order valence-electron chi connectivity index (χ2n) is 7.17. The summed E-state index contributed by atoms with van der Waals surface area (Å²) in [5.41, 5.74) is 5.62. The molecular formula is C32H39Hf-7. The molecule has 0 saturated carbocycles. The quantitative estimate of drug-likeness (QED) is 0.162. The van der Waals surface area contributed by atoms with E-state index in [1.807, 2.05) is 30.3 Å². The van der Waals surface area contributed by atoms with E-state index in [1.165, 1.54) is 33.0 Å². The van der Waals surface area contributed by atoms with Crippen LogP contribution in [0.15, 0.2) is 97.1 Å². The molecule has 33 heavy (non-hydrogen) atoms. The standard InChI is InChI=1S/C22H19.C5H5.5CH3.Hf/c1-16(17-7-3-2-4-8-17)13-20-11-12-21-14-18-9-5-6-10-19(18)15-22(20)21;1-2-4-5-3-1;;;;;;/h2-10,14-16H,12-13H2,1H3;1-5H;5*1H3;/q7*-1;. The van der Waals surface area contributed by atoms with Crippen LogP contribution in [0.2, 0.25) is 0 Å². The van der Waals surface area contributed by atoms with Crippen molar-refractivity contribution >= 4 is 16.3 Å². The summed E-state index contributed by atoms with van der Waals surface area (Å²) >= 11 is 0. The molecule has 0 fully saturated rings. The maximum atomic E-state index is 3.61. The molecule has 0 aromatic heterocycles. The largest absolute Gasteiger partial charge is 0.358 e. The summed E-state index contributed by atoms with van der Waals surface area (Å²) in [5, 5.41) is 2.66. The minimum atomic E-state index is 0. The molecule has 0 saturated heterocycles. The van der Waals surface area contributed by atoms with E-state index >= 15 is 0 Å². The zero-order valence-corrected chi connectivity index (χ0v) is 24.8. The molecule has 0 spiro atoms. The Bertz CT molecular complexity index is 1010. The summed E-state index contributed by atoms with van der Waals surface area (Å²) in [5.74, 6) is 0.529. The van der Waals surface area contributed by atoms with E-state index in [4.69, 9.17) is 0 Å². The monoisotopic (exact) mass is 603 g/mol. The Labute approximate surface area is 223 Å². The predicted molar refractivity (Wildman–Crippen MR) is 148 cm³/mol. The van der Waals surface area contributed by atoms with E-state index in [0.29, 0.717) is 5.92 Å². The van der Waals surface area contributed by atoms with Gasteiger partial charge in [-0.05, 0) is 22.3 Å². The molecule has 5 rings (SSSR count). The van der Waals surface area contributed by atoms with Crippen molar-refractivity contribution in [2.45, 2.75) is 25.7 Å². The molecule has 1 unspecified atom stereocenters. The van der Waals surface area contributed by atoms with Crippen molar-refractivity contribution in [1.29, 1.82) is 0 Å². The average Bonchev–Trinajstić information content (AvgIpc) is 3.41. The molecule has 178 valence electrons. The first-order valence-electron chi connectivity index (χ1n) is 9.64. The van der Waals surface area contributed by atoms with Crippen LogP contribution in [0.4, 0.5) is 0 Å². The van der Waals surface area contributed by atoms with E-state index in [2.05, 4.69) is 79.7 Å². The van der Waals surface area contributed by atoms with Crippen molar-refractivity contribution in [2.24, 2.45) is 0 Å². The van der Waals surface area contributed by atoms with Crippen LogP contribution < -0.4 is 0 Å². The third-order valence-corrected chi connectivity index (χ3v) is 5.22. The fraction of sp³-hybridized carbons (Fsp3) is 0.125. The molecular weight excluding hydrogens is 563 g/mol. The fourth-order valence-electron chi connectivity index (χ4n) is 3.72. The smallest absolute Gasteiger partial charge is 0 e. The topological polar surface area (TPSA) is 0 Å². The summed E-state index contributed by atoms with van der Waals surface area (Å²) in [6.45, 7) is 2.31. The zero-order valence-electron chi connectivity index (χ0n) is 21.2. The van der Waals surface area contributed by atoms with Gasteiger partial charge in [-0.1, -0.05) is 74.0 Å². The number of hydrogen-bond donors (Lipinski definition) is 0. The van der Waals surface area contributed by atoms with E-state index in [0.717, 1.165) is 12.8 Å². The van der Waals surface area contributed by atoms with Crippen LogP contribution in [0, 0.1) is 43.2 Å². The van der Waals surface area contributed by atoms with Gasteiger partial charge in [-0.2, -0.15) is 23.8 Å². The van der Waals surface area contributed by atoms with Gasteiger partial charge in [-0.3, -0.25) is 6.08 Å². The SMILES string of the molecule is CC(CC1=[C-]Cc2cc3ccccc3cc21)c1ccccc1.[CH3-].[CH3-].[CH3-].[CH3-].[CH3-].[Hf].c1cc[cH-]c1. The third-order valence-electron chi connectivity index (χ3n) is 5.22. The van der Waals surface area contributed by atoms with Crippen molar-refractivity contribution in [3.8, 4) is 0 Å². The van der Waals surface area contributed by atoms with Crippen LogP contribution >= 0.6 is 0 Å². The van der Waals surface area contributed by atoms with E-state index in [1.54, 1.807) is 0 Å². The van der Waals surface area contributed by atoms with Crippen LogP contribution in [0.3, 0.4) is 0 Å². The fourth-order valence-corrected chi connectivity index (χ4v) is 3.72. The number of fused-ring (bicyclic) bond motifs is 2. The molecule has 0 aliphatic heterocycles. The van der Waals surface area contributed by atoms with E-state index in [9.17, 15) is 0 Å². The van der Waals surface area contributed by atoms with Crippen molar-refractivity contribution < 1.29 is 25.8 Å². The van der Waals surface area contributed by atoms with Crippen LogP contribution in [0.5, 0.6) is 0 Å². The molecule has 0 radical (unpaired) electrons. The maximum Gasteiger partial charge on any atom is 0 e. The van der Waals surface area contributed by atoms with Crippen molar-refractivity contribution in [3.63, 3.8) is 0 Å². The van der Waals surface area contributed by atoms with Crippen molar-refractivity contribution in [3.05, 3.63) is 157 Å². The van der Waals surface area contributed by atoms with Crippen molar-refractivity contribution in [1.82, 2.24) is 0 Å². The Balaban J connectivity index is -0.000000735. The number of benzene rings is 3. The van der Waals surface area contributed by atoms with Gasteiger partial charge >= 0.3 is 0 Å². The van der Waals surface area contributed by atoms with E-state index < -0.39 is 0 Å². The summed E-state index contributed by atoms with van der Waals surface area (Å²) in [4.78, 5) is 0. The van der Waals surface area contributed by atoms with Gasteiger partial charge < -0.3 is 37.1 Å². The first-order chi connectivity index (χ1) is 13.3. The first-order valence-corrected chi connectivity index (χ1v) is 9.64. The Kier molecular flexibility index (Phi) is 18.7. The summed E-state index contributed by atoms with van der Waals surface area (Å²) in [6.07, 6.45) is 5.63. The second-order valence-corrected chi connectivity index (χ2v) is 7.17. The summed E-state index contributed by atoms with van der Waals surface area (Å²) < 4.78 is 0. The molecule has 0 amide bonds. The molecule has 0 nitrogen and oxygen atoms in total. The Morgan fingerprint density at radius 2 is 1.30 bits per heavy atom. The summed E-state index contributed by atoms with van der Waals surface area (Å²) in [6, 6.07) is 34.1. The van der Waals surface area contributed by atoms with Crippen LogP contribution in [0.25, 0.3) is 16.3 Å². The molecule has 4 aromatic carbocycles. The Morgan fingerprint density at radius 3 is 1.85 bits per heavy atom. The van der Waals surface area contributed by atoms with Gasteiger partial charge in [0.25, 0.3) is 0 Å². The molecule has 1 heteroatoms. The molecule has 0 bridgehead atoms. The van der Waals surface area contributed by atoms with Gasteiger partial charge in [0.1, 0.15) is 0 Å². The minimum Gasteiger partial charge on any atom is -0.358 e. The Morgan fingerprint density at radius 1 is 0.758 bits per heavy atom. The van der Waals surface area contributed by atoms with Crippen LogP contribution in [-0.4, -0.2) is 0 Å². The molecule has 0 heterocycles. The summed E-state index contributed by atoms with van der Waals surface area (Å²) in [7, 11) is 0. The first kappa shape index (κ1) is 35.5. The van der Waals surface area contributed by atoms with Crippen molar-refractivity contribution in [2.75, 3.05) is 0 Å². The number of rotatable bonds is 3. The minimum absolute atomic E-state index is 0. The average molecular weight is 602 g/mol. The molecule has 1 atom stereocenters. The van der Waals surface area contributed by atoms with Gasteiger partial charge in [-0.15, -0.1) is 18.1 Å². The Hall–Kier alpha value is -2.12. The van der Waals surface area contributed by atoms with Gasteiger partial charge in [0.05, 0.1) is 0 Å². The van der Waals surface area contributed by atoms with E-state index in [-0.39, 0.29) is 63.0 Å². The second kappa shape index (κ2) is 17.4. The zero-order chi connectivity index (χ0) is 18.5. The number of hydrogen-bond acceptors (Lipinski definition) is 0. The predicted octanol–water partition coefficient (Wildman–Crippen LogP) is 9.43. The third kappa shape index (κ3) is 8.97. The van der Waals surface area contributed by atoms with Gasteiger partial charge in [-0.25, -0.2) is 17.7 Å². The molecule has 1 aliphatic rings. The molecule has 4 aromatic rings. The van der Waals surface area contributed by atoms with Crippen LogP contribution in [0.1, 0.15) is 36.0 Å². The van der Waals surface area contributed by atoms with Gasteiger partial charge in [0.2, 0.25) is 0 Å². The molecule has 0 N–H and O–H groups in total. The molecule has 1 aliphatic carbocycles. The van der Waals surface area contributed by atoms with Crippen LogP contribution in [-0.2, 0) is 32.3 Å².